The number of hydrogen-bond acceptors (Lipinski definition) is 3. The van der Waals surface area contributed by atoms with Crippen LogP contribution >= 0.6 is 0 Å². The SMILES string of the molecule is C[C](C)CN1CCO[C@H](CC#N)C1. The molecule has 0 bridgehead atoms. The molecule has 0 aromatic carbocycles. The molecule has 1 heterocycles. The average molecular weight is 181 g/mol. The zero-order valence-electron chi connectivity index (χ0n) is 8.42. The lowest BCUT2D eigenvalue weighted by molar-refractivity contribution is -0.0237. The highest BCUT2D eigenvalue weighted by molar-refractivity contribution is 4.87. The Morgan fingerprint density at radius 1 is 1.62 bits per heavy atom. The van der Waals surface area contributed by atoms with Gasteiger partial charge < -0.3 is 4.74 Å². The lowest BCUT2D eigenvalue weighted by atomic mass is 10.1. The van der Waals surface area contributed by atoms with Crippen molar-refractivity contribution in [2.24, 2.45) is 0 Å². The van der Waals surface area contributed by atoms with Crippen molar-refractivity contribution in [2.75, 3.05) is 26.2 Å². The monoisotopic (exact) mass is 181 g/mol. The highest BCUT2D eigenvalue weighted by Crippen LogP contribution is 2.10. The molecular weight excluding hydrogens is 164 g/mol. The van der Waals surface area contributed by atoms with Crippen LogP contribution in [-0.2, 0) is 4.74 Å². The van der Waals surface area contributed by atoms with Crippen molar-refractivity contribution in [3.8, 4) is 6.07 Å². The van der Waals surface area contributed by atoms with Crippen LogP contribution in [0.2, 0.25) is 0 Å². The molecule has 0 aliphatic carbocycles. The summed E-state index contributed by atoms with van der Waals surface area (Å²) in [6, 6.07) is 2.15. The summed E-state index contributed by atoms with van der Waals surface area (Å²) in [7, 11) is 0. The second-order valence-corrected chi connectivity index (χ2v) is 3.80. The van der Waals surface area contributed by atoms with E-state index in [2.05, 4.69) is 24.8 Å². The van der Waals surface area contributed by atoms with Crippen LogP contribution in [0.5, 0.6) is 0 Å². The average Bonchev–Trinajstić information content (AvgIpc) is 2.04. The van der Waals surface area contributed by atoms with Gasteiger partial charge in [-0.3, -0.25) is 4.90 Å². The normalized spacial score (nSPS) is 24.6. The summed E-state index contributed by atoms with van der Waals surface area (Å²) in [5.74, 6) is 1.41. The van der Waals surface area contributed by atoms with Crippen molar-refractivity contribution >= 4 is 0 Å². The molecule has 73 valence electrons. The Balaban J connectivity index is 2.29. The molecule has 0 saturated carbocycles. The molecule has 0 amide bonds. The second kappa shape index (κ2) is 5.21. The van der Waals surface area contributed by atoms with Crippen LogP contribution in [0, 0.1) is 17.2 Å². The molecule has 1 aliphatic rings. The van der Waals surface area contributed by atoms with E-state index >= 15 is 0 Å². The molecule has 3 nitrogen and oxygen atoms in total. The Labute approximate surface area is 80.3 Å². The zero-order chi connectivity index (χ0) is 9.68. The third-order valence-corrected chi connectivity index (χ3v) is 2.08. The first kappa shape index (κ1) is 10.5. The van der Waals surface area contributed by atoms with E-state index in [9.17, 15) is 0 Å². The molecule has 0 unspecified atom stereocenters. The third-order valence-electron chi connectivity index (χ3n) is 2.08. The summed E-state index contributed by atoms with van der Waals surface area (Å²) >= 11 is 0. The minimum atomic E-state index is 0.123. The van der Waals surface area contributed by atoms with Gasteiger partial charge in [-0.1, -0.05) is 13.8 Å². The minimum absolute atomic E-state index is 0.123. The fourth-order valence-corrected chi connectivity index (χ4v) is 1.60. The molecule has 13 heavy (non-hydrogen) atoms. The fourth-order valence-electron chi connectivity index (χ4n) is 1.60. The van der Waals surface area contributed by atoms with E-state index in [1.165, 1.54) is 5.92 Å². The van der Waals surface area contributed by atoms with Gasteiger partial charge in [0.05, 0.1) is 25.2 Å². The molecular formula is C10H17N2O. The molecule has 1 fully saturated rings. The smallest absolute Gasteiger partial charge is 0.0832 e. The maximum Gasteiger partial charge on any atom is 0.0832 e. The van der Waals surface area contributed by atoms with Crippen LogP contribution < -0.4 is 0 Å². The first-order valence-electron chi connectivity index (χ1n) is 4.72. The predicted molar refractivity (Wildman–Crippen MR) is 51.0 cm³/mol. The van der Waals surface area contributed by atoms with E-state index in [-0.39, 0.29) is 6.10 Å². The van der Waals surface area contributed by atoms with Gasteiger partial charge in [0, 0.05) is 19.6 Å². The van der Waals surface area contributed by atoms with Gasteiger partial charge in [-0.25, -0.2) is 0 Å². The van der Waals surface area contributed by atoms with Crippen LogP contribution in [0.1, 0.15) is 20.3 Å². The number of ether oxygens (including phenoxy) is 1. The Morgan fingerprint density at radius 3 is 3.00 bits per heavy atom. The van der Waals surface area contributed by atoms with E-state index in [1.54, 1.807) is 0 Å². The van der Waals surface area contributed by atoms with Crippen LogP contribution in [0.4, 0.5) is 0 Å². The number of hydrogen-bond donors (Lipinski definition) is 0. The topological polar surface area (TPSA) is 36.3 Å². The quantitative estimate of drug-likeness (QED) is 0.656. The zero-order valence-corrected chi connectivity index (χ0v) is 8.42. The van der Waals surface area contributed by atoms with Crippen molar-refractivity contribution in [1.29, 1.82) is 5.26 Å². The highest BCUT2D eigenvalue weighted by Gasteiger charge is 2.20. The molecule has 1 aliphatic heterocycles. The van der Waals surface area contributed by atoms with Gasteiger partial charge in [-0.15, -0.1) is 0 Å². The van der Waals surface area contributed by atoms with E-state index in [0.717, 1.165) is 26.2 Å². The minimum Gasteiger partial charge on any atom is -0.374 e. The summed E-state index contributed by atoms with van der Waals surface area (Å²) in [4.78, 5) is 2.35. The number of nitrogens with zero attached hydrogens (tertiary/aromatic N) is 2. The Morgan fingerprint density at radius 2 is 2.38 bits per heavy atom. The fraction of sp³-hybridized carbons (Fsp3) is 0.800. The maximum absolute atomic E-state index is 8.53. The predicted octanol–water partition coefficient (Wildman–Crippen LogP) is 1.22. The van der Waals surface area contributed by atoms with Gasteiger partial charge in [0.1, 0.15) is 0 Å². The molecule has 0 spiro atoms. The molecule has 1 saturated heterocycles. The molecule has 0 N–H and O–H groups in total. The number of nitriles is 1. The lowest BCUT2D eigenvalue weighted by Gasteiger charge is -2.32. The molecule has 1 atom stereocenters. The largest absolute Gasteiger partial charge is 0.374 e. The van der Waals surface area contributed by atoms with Crippen molar-refractivity contribution in [3.05, 3.63) is 5.92 Å². The second-order valence-electron chi connectivity index (χ2n) is 3.80. The van der Waals surface area contributed by atoms with Gasteiger partial charge in [0.15, 0.2) is 0 Å². The summed E-state index contributed by atoms with van der Waals surface area (Å²) in [5.41, 5.74) is 0. The van der Waals surface area contributed by atoms with Gasteiger partial charge in [-0.05, 0) is 5.92 Å². The van der Waals surface area contributed by atoms with Crippen LogP contribution in [0.3, 0.4) is 0 Å². The van der Waals surface area contributed by atoms with Crippen LogP contribution in [0.15, 0.2) is 0 Å². The third kappa shape index (κ3) is 3.75. The van der Waals surface area contributed by atoms with Gasteiger partial charge in [0.2, 0.25) is 0 Å². The van der Waals surface area contributed by atoms with Gasteiger partial charge >= 0.3 is 0 Å². The summed E-state index contributed by atoms with van der Waals surface area (Å²) in [5, 5.41) is 8.53. The number of morpholine rings is 1. The molecule has 1 radical (unpaired) electrons. The Bertz CT molecular complexity index is 186. The van der Waals surface area contributed by atoms with Crippen molar-refractivity contribution in [1.82, 2.24) is 4.90 Å². The Hall–Kier alpha value is -0.590. The van der Waals surface area contributed by atoms with Gasteiger partial charge in [-0.2, -0.15) is 5.26 Å². The first-order chi connectivity index (χ1) is 6.22. The summed E-state index contributed by atoms with van der Waals surface area (Å²) in [6.45, 7) is 7.96. The first-order valence-corrected chi connectivity index (χ1v) is 4.72. The molecule has 0 aromatic rings. The van der Waals surface area contributed by atoms with Crippen molar-refractivity contribution < 1.29 is 4.74 Å². The standard InChI is InChI=1S/C10H17N2O/c1-9(2)7-12-5-6-13-10(8-12)3-4-11/h10H,3,5-8H2,1-2H3/t10-/m1/s1. The van der Waals surface area contributed by atoms with Crippen molar-refractivity contribution in [2.45, 2.75) is 26.4 Å². The van der Waals surface area contributed by atoms with E-state index < -0.39 is 0 Å². The number of rotatable bonds is 3. The van der Waals surface area contributed by atoms with Crippen molar-refractivity contribution in [3.63, 3.8) is 0 Å². The molecule has 3 heteroatoms. The van der Waals surface area contributed by atoms with E-state index in [4.69, 9.17) is 10.00 Å². The summed E-state index contributed by atoms with van der Waals surface area (Å²) in [6.07, 6.45) is 0.636. The van der Waals surface area contributed by atoms with E-state index in [0.29, 0.717) is 6.42 Å². The van der Waals surface area contributed by atoms with Gasteiger partial charge in [0.25, 0.3) is 0 Å². The Kier molecular flexibility index (Phi) is 4.20. The summed E-state index contributed by atoms with van der Waals surface area (Å²) < 4.78 is 5.46. The van der Waals surface area contributed by atoms with Crippen LogP contribution in [-0.4, -0.2) is 37.2 Å². The van der Waals surface area contributed by atoms with E-state index in [1.807, 2.05) is 0 Å². The maximum atomic E-state index is 8.53. The molecule has 0 aromatic heterocycles. The lowest BCUT2D eigenvalue weighted by Crippen LogP contribution is -2.43. The molecule has 1 rings (SSSR count). The highest BCUT2D eigenvalue weighted by atomic mass is 16.5. The van der Waals surface area contributed by atoms with Crippen LogP contribution in [0.25, 0.3) is 0 Å².